The van der Waals surface area contributed by atoms with Crippen molar-refractivity contribution in [1.29, 1.82) is 0 Å². The zero-order chi connectivity index (χ0) is 35.3. The first kappa shape index (κ1) is 36.8. The molecule has 0 radical (unpaired) electrons. The summed E-state index contributed by atoms with van der Waals surface area (Å²) in [7, 11) is 0. The van der Waals surface area contributed by atoms with Gasteiger partial charge in [0.15, 0.2) is 5.60 Å². The van der Waals surface area contributed by atoms with Gasteiger partial charge >= 0.3 is 0 Å². The maximum atomic E-state index is 14.6. The molecule has 0 unspecified atom stereocenters. The number of amides is 4. The molecule has 5 rings (SSSR count). The lowest BCUT2D eigenvalue weighted by atomic mass is 9.84. The van der Waals surface area contributed by atoms with E-state index in [2.05, 4.69) is 21.1 Å². The van der Waals surface area contributed by atoms with Crippen LogP contribution in [0, 0.1) is 11.3 Å². The number of hydrogen-bond acceptors (Lipinski definition) is 7. The Bertz CT molecular complexity index is 1450. The second kappa shape index (κ2) is 15.6. The highest BCUT2D eigenvalue weighted by atomic mass is 35.5. The lowest BCUT2D eigenvalue weighted by molar-refractivity contribution is -0.145. The summed E-state index contributed by atoms with van der Waals surface area (Å²) >= 11 is 6.25. The number of nitrogens with one attached hydrogen (secondary N) is 3. The van der Waals surface area contributed by atoms with Crippen molar-refractivity contribution in [1.82, 2.24) is 20.9 Å². The number of ketones is 1. The van der Waals surface area contributed by atoms with Gasteiger partial charge < -0.3 is 25.7 Å². The molecule has 1 aromatic rings. The predicted molar refractivity (Wildman–Crippen MR) is 187 cm³/mol. The van der Waals surface area contributed by atoms with Crippen LogP contribution in [0.2, 0.25) is 5.02 Å². The van der Waals surface area contributed by atoms with Crippen LogP contribution in [0.1, 0.15) is 117 Å². The summed E-state index contributed by atoms with van der Waals surface area (Å²) in [4.78, 5) is 75.4. The molecule has 2 heterocycles. The second-order valence-electron chi connectivity index (χ2n) is 15.6. The molecular formula is C37H52ClN5O6. The first-order valence-corrected chi connectivity index (χ1v) is 18.4. The van der Waals surface area contributed by atoms with Crippen molar-refractivity contribution in [3.8, 4) is 0 Å². The van der Waals surface area contributed by atoms with E-state index in [0.29, 0.717) is 35.9 Å². The first-order valence-electron chi connectivity index (χ1n) is 18.0. The van der Waals surface area contributed by atoms with E-state index in [0.717, 1.165) is 37.7 Å². The highest BCUT2D eigenvalue weighted by Gasteiger charge is 2.55. The van der Waals surface area contributed by atoms with Crippen LogP contribution < -0.4 is 16.0 Å². The molecule has 49 heavy (non-hydrogen) atoms. The molecule has 2 aliphatic carbocycles. The summed E-state index contributed by atoms with van der Waals surface area (Å²) in [6.45, 7) is 7.59. The molecular weight excluding hydrogens is 646 g/mol. The molecule has 2 saturated carbocycles. The molecule has 4 atom stereocenters. The number of likely N-dealkylation sites (tertiary alicyclic amines) is 1. The van der Waals surface area contributed by atoms with E-state index in [1.807, 2.05) is 39.8 Å². The molecule has 4 aliphatic rings. The molecule has 11 nitrogen and oxygen atoms in total. The van der Waals surface area contributed by atoms with E-state index < -0.39 is 52.6 Å². The van der Waals surface area contributed by atoms with E-state index in [1.165, 1.54) is 24.2 Å². The van der Waals surface area contributed by atoms with E-state index in [9.17, 15) is 24.0 Å². The van der Waals surface area contributed by atoms with E-state index in [1.54, 1.807) is 12.1 Å². The van der Waals surface area contributed by atoms with Crippen molar-refractivity contribution in [3.63, 3.8) is 0 Å². The van der Waals surface area contributed by atoms with Crippen molar-refractivity contribution < 1.29 is 28.8 Å². The summed E-state index contributed by atoms with van der Waals surface area (Å²) in [5.41, 5.74) is -0.246. The number of halogens is 1. The lowest BCUT2D eigenvalue weighted by Gasteiger charge is -2.36. The van der Waals surface area contributed by atoms with Crippen LogP contribution in [0.3, 0.4) is 0 Å². The quantitative estimate of drug-likeness (QED) is 0.252. The Morgan fingerprint density at radius 1 is 1.06 bits per heavy atom. The molecule has 3 N–H and O–H groups in total. The SMILES string of the molecule is CCC[C@H](NC(=O)[C@@H]1C[C@]2(CC(c3cccc(Cl)c3)=NO2)CN1C(=O)[C@@H](NC(=O)CCC1CCCCC1)C(C)(C)C)C(=O)C(=O)NC1CC1. The topological polar surface area (TPSA) is 146 Å². The summed E-state index contributed by atoms with van der Waals surface area (Å²) in [5.74, 6) is -2.03. The summed E-state index contributed by atoms with van der Waals surface area (Å²) < 4.78 is 0. The number of carbonyl (C=O) groups excluding carboxylic acids is 5. The van der Waals surface area contributed by atoms with E-state index in [4.69, 9.17) is 16.4 Å². The summed E-state index contributed by atoms with van der Waals surface area (Å²) in [6.07, 6.45) is 9.94. The monoisotopic (exact) mass is 697 g/mol. The Hall–Kier alpha value is -3.47. The third-order valence-electron chi connectivity index (χ3n) is 10.3. The third-order valence-corrected chi connectivity index (χ3v) is 10.5. The zero-order valence-electron chi connectivity index (χ0n) is 29.3. The van der Waals surface area contributed by atoms with Crippen LogP contribution in [-0.4, -0.2) is 76.3 Å². The molecule has 0 bridgehead atoms. The summed E-state index contributed by atoms with van der Waals surface area (Å²) in [6, 6.07) is 4.28. The Morgan fingerprint density at radius 3 is 2.45 bits per heavy atom. The maximum Gasteiger partial charge on any atom is 0.289 e. The molecule has 0 aromatic heterocycles. The number of oxime groups is 1. The zero-order valence-corrected chi connectivity index (χ0v) is 30.1. The summed E-state index contributed by atoms with van der Waals surface area (Å²) in [5, 5.41) is 13.5. The van der Waals surface area contributed by atoms with Crippen molar-refractivity contribution in [3.05, 3.63) is 34.9 Å². The van der Waals surface area contributed by atoms with Crippen molar-refractivity contribution in [2.24, 2.45) is 16.5 Å². The fraction of sp³-hybridized carbons (Fsp3) is 0.676. The number of Topliss-reactive ketones (excluding diaryl/α,β-unsaturated/α-hetero) is 1. The fourth-order valence-electron chi connectivity index (χ4n) is 7.28. The smallest absolute Gasteiger partial charge is 0.289 e. The third kappa shape index (κ3) is 9.41. The molecule has 12 heteroatoms. The number of nitrogens with zero attached hydrogens (tertiary/aromatic N) is 2. The average Bonchev–Trinajstić information content (AvgIpc) is 3.66. The lowest BCUT2D eigenvalue weighted by Crippen LogP contribution is -2.59. The Labute approximate surface area is 294 Å². The second-order valence-corrected chi connectivity index (χ2v) is 16.0. The van der Waals surface area contributed by atoms with Crippen LogP contribution in [0.25, 0.3) is 0 Å². The molecule has 1 spiro atoms. The number of hydrogen-bond donors (Lipinski definition) is 3. The predicted octanol–water partition coefficient (Wildman–Crippen LogP) is 4.83. The van der Waals surface area contributed by atoms with Gasteiger partial charge in [-0.1, -0.05) is 95.1 Å². The Morgan fingerprint density at radius 2 is 1.80 bits per heavy atom. The van der Waals surface area contributed by atoms with Gasteiger partial charge in [0.2, 0.25) is 23.5 Å². The normalized spacial score (nSPS) is 23.7. The van der Waals surface area contributed by atoms with Gasteiger partial charge in [-0.15, -0.1) is 0 Å². The molecule has 1 aromatic carbocycles. The number of benzene rings is 1. The average molecular weight is 698 g/mol. The van der Waals surface area contributed by atoms with Gasteiger partial charge in [0.1, 0.15) is 12.1 Å². The van der Waals surface area contributed by atoms with Gasteiger partial charge in [-0.05, 0) is 49.1 Å². The van der Waals surface area contributed by atoms with Crippen LogP contribution >= 0.6 is 11.6 Å². The van der Waals surface area contributed by atoms with E-state index in [-0.39, 0.29) is 31.3 Å². The van der Waals surface area contributed by atoms with Crippen molar-refractivity contribution >= 4 is 46.7 Å². The largest absolute Gasteiger partial charge is 0.387 e. The highest BCUT2D eigenvalue weighted by molar-refractivity contribution is 6.38. The fourth-order valence-corrected chi connectivity index (χ4v) is 7.47. The van der Waals surface area contributed by atoms with Gasteiger partial charge in [-0.2, -0.15) is 0 Å². The van der Waals surface area contributed by atoms with Crippen LogP contribution in [0.15, 0.2) is 29.4 Å². The standard InChI is InChI=1S/C37H52ClN5O6/c1-5-10-27(31(45)34(47)39-26-16-17-26)40-33(46)29-21-37(20-28(42-49-37)24-13-9-14-25(38)19-24)22-43(29)35(48)32(36(2,3)4)41-30(44)18-15-23-11-7-6-8-12-23/h9,13-14,19,23,26-27,29,32H,5-8,10-12,15-18,20-22H2,1-4H3,(H,39,47)(H,40,46)(H,41,44)/t27-,29-,32+,37+/m0/s1. The minimum absolute atomic E-state index is 0.00218. The number of rotatable bonds is 13. The molecule has 3 fully saturated rings. The van der Waals surface area contributed by atoms with Crippen LogP contribution in [0.5, 0.6) is 0 Å². The Balaban J connectivity index is 1.36. The van der Waals surface area contributed by atoms with Crippen molar-refractivity contribution in [2.75, 3.05) is 6.54 Å². The highest BCUT2D eigenvalue weighted by Crippen LogP contribution is 2.40. The minimum Gasteiger partial charge on any atom is -0.387 e. The van der Waals surface area contributed by atoms with Gasteiger partial charge in [-0.3, -0.25) is 24.0 Å². The molecule has 4 amide bonds. The van der Waals surface area contributed by atoms with Crippen LogP contribution in [0.4, 0.5) is 0 Å². The van der Waals surface area contributed by atoms with Gasteiger partial charge in [-0.25, -0.2) is 0 Å². The van der Waals surface area contributed by atoms with Gasteiger partial charge in [0, 0.05) is 35.9 Å². The van der Waals surface area contributed by atoms with Crippen molar-refractivity contribution in [2.45, 2.75) is 141 Å². The van der Waals surface area contributed by atoms with Gasteiger partial charge in [0.05, 0.1) is 18.3 Å². The Kier molecular flexibility index (Phi) is 11.7. The maximum absolute atomic E-state index is 14.6. The number of carbonyl (C=O) groups is 5. The molecule has 268 valence electrons. The molecule has 2 aliphatic heterocycles. The van der Waals surface area contributed by atoms with E-state index >= 15 is 0 Å². The minimum atomic E-state index is -1.04. The van der Waals surface area contributed by atoms with Crippen LogP contribution in [-0.2, 0) is 28.8 Å². The van der Waals surface area contributed by atoms with Gasteiger partial charge in [0.25, 0.3) is 5.91 Å². The first-order chi connectivity index (χ1) is 23.3. The molecule has 1 saturated heterocycles.